The van der Waals surface area contributed by atoms with Crippen LogP contribution in [0.15, 0.2) is 54.6 Å². The Labute approximate surface area is 226 Å². The van der Waals surface area contributed by atoms with Crippen LogP contribution in [0.5, 0.6) is 0 Å². The first-order valence-electron chi connectivity index (χ1n) is 12.6. The molecule has 6 atom stereocenters. The average molecular weight is 543 g/mol. The van der Waals surface area contributed by atoms with Crippen molar-refractivity contribution >= 4 is 29.4 Å². The highest BCUT2D eigenvalue weighted by molar-refractivity contribution is 5.97. The third-order valence-corrected chi connectivity index (χ3v) is 6.15. The number of carbonyl (C=O) groups excluding carboxylic acids is 4. The van der Waals surface area contributed by atoms with E-state index in [1.165, 1.54) is 26.0 Å². The molecular weight excluding hydrogens is 508 g/mol. The van der Waals surface area contributed by atoms with Gasteiger partial charge in [0.2, 0.25) is 12.2 Å². The van der Waals surface area contributed by atoms with Crippen LogP contribution < -0.4 is 10.8 Å². The van der Waals surface area contributed by atoms with E-state index in [0.717, 1.165) is 12.5 Å². The molecule has 2 amide bonds. The Morgan fingerprint density at radius 1 is 0.897 bits per heavy atom. The number of aliphatic hydroxyl groups excluding tert-OH is 1. The molecule has 11 nitrogen and oxygen atoms in total. The van der Waals surface area contributed by atoms with Gasteiger partial charge in [0.15, 0.2) is 12.2 Å². The van der Waals surface area contributed by atoms with Gasteiger partial charge in [-0.3, -0.25) is 19.2 Å². The predicted molar refractivity (Wildman–Crippen MR) is 139 cm³/mol. The second-order valence-corrected chi connectivity index (χ2v) is 9.60. The smallest absolute Gasteiger partial charge is 0.303 e. The number of anilines is 1. The Bertz CT molecular complexity index is 1150. The predicted octanol–water partition coefficient (Wildman–Crippen LogP) is 2.70. The van der Waals surface area contributed by atoms with Crippen molar-refractivity contribution in [3.05, 3.63) is 65.7 Å². The quantitative estimate of drug-likeness (QED) is 0.321. The van der Waals surface area contributed by atoms with Gasteiger partial charge in [-0.15, -0.1) is 0 Å². The van der Waals surface area contributed by atoms with Gasteiger partial charge in [-0.05, 0) is 42.7 Å². The summed E-state index contributed by atoms with van der Waals surface area (Å²) in [4.78, 5) is 54.0. The lowest BCUT2D eigenvalue weighted by molar-refractivity contribution is -0.308. The van der Waals surface area contributed by atoms with Gasteiger partial charge < -0.3 is 24.6 Å². The maximum atomic E-state index is 13.0. The Balaban J connectivity index is 1.63. The lowest BCUT2D eigenvalue weighted by atomic mass is 9.87. The molecule has 0 saturated carbocycles. The van der Waals surface area contributed by atoms with Gasteiger partial charge in [0, 0.05) is 25.1 Å². The molecule has 3 rings (SSSR count). The summed E-state index contributed by atoms with van der Waals surface area (Å²) in [5, 5.41) is 13.5. The number of carbonyl (C=O) groups is 4. The Kier molecular flexibility index (Phi) is 10.2. The van der Waals surface area contributed by atoms with E-state index in [1.807, 2.05) is 44.2 Å². The first-order chi connectivity index (χ1) is 18.5. The molecule has 0 unspecified atom stereocenters. The number of hydrogen-bond acceptors (Lipinski definition) is 9. The number of benzene rings is 2. The number of amides is 2. The van der Waals surface area contributed by atoms with Gasteiger partial charge in [-0.1, -0.05) is 44.2 Å². The van der Waals surface area contributed by atoms with Crippen LogP contribution in [0.1, 0.15) is 56.5 Å². The van der Waals surface area contributed by atoms with Crippen LogP contribution in [0.2, 0.25) is 0 Å². The van der Waals surface area contributed by atoms with Gasteiger partial charge in [0.25, 0.3) is 5.91 Å². The highest BCUT2D eigenvalue weighted by Crippen LogP contribution is 2.27. The van der Waals surface area contributed by atoms with Crippen molar-refractivity contribution in [1.82, 2.24) is 5.48 Å². The van der Waals surface area contributed by atoms with Gasteiger partial charge >= 0.3 is 11.9 Å². The lowest BCUT2D eigenvalue weighted by Gasteiger charge is -2.41. The molecule has 0 spiro atoms. The second-order valence-electron chi connectivity index (χ2n) is 9.60. The number of ether oxygens (including phenoxy) is 3. The van der Waals surface area contributed by atoms with Crippen molar-refractivity contribution in [2.45, 2.75) is 71.2 Å². The zero-order valence-electron chi connectivity index (χ0n) is 22.5. The fourth-order valence-electron chi connectivity index (χ4n) is 4.36. The van der Waals surface area contributed by atoms with Crippen molar-refractivity contribution in [1.29, 1.82) is 0 Å². The third-order valence-electron chi connectivity index (χ3n) is 6.15. The Hall–Kier alpha value is -3.80. The number of rotatable bonds is 9. The molecule has 39 heavy (non-hydrogen) atoms. The summed E-state index contributed by atoms with van der Waals surface area (Å²) in [6, 6.07) is 15.7. The fourth-order valence-corrected chi connectivity index (χ4v) is 4.36. The van der Waals surface area contributed by atoms with E-state index in [4.69, 9.17) is 19.0 Å². The van der Waals surface area contributed by atoms with E-state index in [9.17, 15) is 24.3 Å². The first-order valence-corrected chi connectivity index (χ1v) is 12.6. The fraction of sp³-hybridized carbons (Fsp3) is 0.429. The van der Waals surface area contributed by atoms with Crippen molar-refractivity contribution in [2.75, 3.05) is 5.32 Å². The molecule has 1 aliphatic rings. The monoisotopic (exact) mass is 542 g/mol. The number of hydrogen-bond donors (Lipinski definition) is 3. The van der Waals surface area contributed by atoms with Crippen LogP contribution in [0, 0.1) is 5.92 Å². The molecule has 1 saturated heterocycles. The molecule has 3 N–H and O–H groups in total. The molecule has 1 heterocycles. The van der Waals surface area contributed by atoms with Crippen molar-refractivity contribution < 1.29 is 43.3 Å². The maximum Gasteiger partial charge on any atom is 0.303 e. The van der Waals surface area contributed by atoms with E-state index in [1.54, 1.807) is 12.1 Å². The van der Waals surface area contributed by atoms with Gasteiger partial charge in [-0.25, -0.2) is 10.3 Å². The zero-order valence-corrected chi connectivity index (χ0v) is 22.5. The minimum absolute atomic E-state index is 0.0675. The SMILES string of the molecule is CC(=O)O[C@@H]1[C@H](ONC(=O)c2ccc(NC(=O)[C@H](c3ccccc3)C(C)C)cc2)O[C@@H](C)[C@@H](OC(C)=O)[C@H]1O. The first kappa shape index (κ1) is 29.8. The maximum absolute atomic E-state index is 13.0. The summed E-state index contributed by atoms with van der Waals surface area (Å²) in [5.74, 6) is -2.47. The van der Waals surface area contributed by atoms with E-state index < -0.39 is 48.6 Å². The highest BCUT2D eigenvalue weighted by atomic mass is 16.8. The number of nitrogens with one attached hydrogen (secondary N) is 2. The number of hydroxylamine groups is 1. The normalized spacial score (nSPS) is 23.4. The summed E-state index contributed by atoms with van der Waals surface area (Å²) >= 11 is 0. The number of esters is 2. The van der Waals surface area contributed by atoms with E-state index in [0.29, 0.717) is 5.69 Å². The van der Waals surface area contributed by atoms with Gasteiger partial charge in [-0.2, -0.15) is 0 Å². The molecular formula is C28H34N2O9. The van der Waals surface area contributed by atoms with Crippen LogP contribution in [0.3, 0.4) is 0 Å². The van der Waals surface area contributed by atoms with E-state index in [2.05, 4.69) is 10.8 Å². The minimum Gasteiger partial charge on any atom is -0.457 e. The summed E-state index contributed by atoms with van der Waals surface area (Å²) in [6.45, 7) is 7.79. The molecule has 0 aromatic heterocycles. The summed E-state index contributed by atoms with van der Waals surface area (Å²) in [7, 11) is 0. The molecule has 0 bridgehead atoms. The van der Waals surface area contributed by atoms with Crippen molar-refractivity contribution in [3.63, 3.8) is 0 Å². The van der Waals surface area contributed by atoms with Crippen LogP contribution in [-0.4, -0.2) is 59.6 Å². The van der Waals surface area contributed by atoms with Crippen LogP contribution in [-0.2, 0) is 33.4 Å². The average Bonchev–Trinajstić information content (AvgIpc) is 2.87. The van der Waals surface area contributed by atoms with Crippen LogP contribution in [0.4, 0.5) is 5.69 Å². The topological polar surface area (TPSA) is 149 Å². The molecule has 1 aliphatic heterocycles. The molecule has 11 heteroatoms. The van der Waals surface area contributed by atoms with Gasteiger partial charge in [0.1, 0.15) is 6.10 Å². The molecule has 2 aromatic rings. The Morgan fingerprint density at radius 3 is 2.05 bits per heavy atom. The molecule has 0 radical (unpaired) electrons. The summed E-state index contributed by atoms with van der Waals surface area (Å²) in [6.07, 6.45) is -6.15. The number of aliphatic hydroxyl groups is 1. The van der Waals surface area contributed by atoms with E-state index in [-0.39, 0.29) is 23.3 Å². The zero-order chi connectivity index (χ0) is 28.7. The van der Waals surface area contributed by atoms with Crippen molar-refractivity contribution in [3.8, 4) is 0 Å². The molecule has 0 aliphatic carbocycles. The highest BCUT2D eigenvalue weighted by Gasteiger charge is 2.48. The standard InChI is InChI=1S/C28H34N2O9/c1-15(2)22(19-9-7-6-8-10-19)27(35)29-21-13-11-20(12-14-21)26(34)30-39-28-25(38-18(5)32)23(33)24(16(3)36-28)37-17(4)31/h6-16,22-25,28,33H,1-5H3,(H,29,35)(H,30,34)/t16-,22-,23+,24+,25-,28-/m0/s1. The van der Waals surface area contributed by atoms with E-state index >= 15 is 0 Å². The van der Waals surface area contributed by atoms with Crippen molar-refractivity contribution in [2.24, 2.45) is 5.92 Å². The molecule has 2 aromatic carbocycles. The van der Waals surface area contributed by atoms with Gasteiger partial charge in [0.05, 0.1) is 12.0 Å². The minimum atomic E-state index is -1.46. The second kappa shape index (κ2) is 13.3. The lowest BCUT2D eigenvalue weighted by Crippen LogP contribution is -2.60. The molecule has 1 fully saturated rings. The molecule has 210 valence electrons. The Morgan fingerprint density at radius 2 is 1.49 bits per heavy atom. The largest absolute Gasteiger partial charge is 0.457 e. The summed E-state index contributed by atoms with van der Waals surface area (Å²) < 4.78 is 15.8. The van der Waals surface area contributed by atoms with Crippen LogP contribution >= 0.6 is 0 Å². The van der Waals surface area contributed by atoms with Crippen LogP contribution in [0.25, 0.3) is 0 Å². The third kappa shape index (κ3) is 7.85. The summed E-state index contributed by atoms with van der Waals surface area (Å²) in [5.41, 5.74) is 3.86.